The van der Waals surface area contributed by atoms with Gasteiger partial charge in [-0.1, -0.05) is 11.6 Å². The average Bonchev–Trinajstić information content (AvgIpc) is 2.19. The lowest BCUT2D eigenvalue weighted by Crippen LogP contribution is -2.11. The van der Waals surface area contributed by atoms with Crippen molar-refractivity contribution in [3.8, 4) is 0 Å². The summed E-state index contributed by atoms with van der Waals surface area (Å²) in [6.07, 6.45) is 0. The van der Waals surface area contributed by atoms with Crippen LogP contribution in [-0.4, -0.2) is 19.1 Å². The van der Waals surface area contributed by atoms with E-state index in [1.165, 1.54) is 7.11 Å². The van der Waals surface area contributed by atoms with E-state index in [9.17, 15) is 4.79 Å². The molecule has 1 N–H and O–H groups in total. The van der Waals surface area contributed by atoms with E-state index in [1.54, 1.807) is 18.2 Å². The Morgan fingerprint density at radius 1 is 1.47 bits per heavy atom. The van der Waals surface area contributed by atoms with Crippen molar-refractivity contribution in [2.45, 2.75) is 19.9 Å². The molecule has 82 valence electrons. The molecule has 0 radical (unpaired) electrons. The fourth-order valence-corrected chi connectivity index (χ4v) is 1.36. The number of methoxy groups -OCH3 is 1. The van der Waals surface area contributed by atoms with Crippen LogP contribution in [0.1, 0.15) is 24.2 Å². The first-order valence-corrected chi connectivity index (χ1v) is 5.06. The van der Waals surface area contributed by atoms with Gasteiger partial charge < -0.3 is 10.1 Å². The number of anilines is 1. The molecule has 1 aromatic rings. The number of nitrogens with one attached hydrogen (secondary N) is 1. The molecule has 0 aliphatic rings. The van der Waals surface area contributed by atoms with Crippen LogP contribution in [0.15, 0.2) is 18.2 Å². The first kappa shape index (κ1) is 11.9. The molecule has 3 nitrogen and oxygen atoms in total. The summed E-state index contributed by atoms with van der Waals surface area (Å²) < 4.78 is 4.63. The van der Waals surface area contributed by atoms with Gasteiger partial charge >= 0.3 is 5.97 Å². The van der Waals surface area contributed by atoms with Gasteiger partial charge in [-0.2, -0.15) is 0 Å². The third kappa shape index (κ3) is 3.13. The molecule has 0 atom stereocenters. The summed E-state index contributed by atoms with van der Waals surface area (Å²) in [5.41, 5.74) is 1.24. The van der Waals surface area contributed by atoms with Crippen LogP contribution in [-0.2, 0) is 4.74 Å². The first-order valence-electron chi connectivity index (χ1n) is 4.69. The Morgan fingerprint density at radius 3 is 2.67 bits per heavy atom. The van der Waals surface area contributed by atoms with E-state index in [2.05, 4.69) is 10.1 Å². The predicted octanol–water partition coefficient (Wildman–Crippen LogP) is 2.95. The number of esters is 1. The van der Waals surface area contributed by atoms with Gasteiger partial charge in [-0.3, -0.25) is 0 Å². The molecule has 0 fully saturated rings. The monoisotopic (exact) mass is 227 g/mol. The Balaban J connectivity index is 2.99. The van der Waals surface area contributed by atoms with Crippen LogP contribution in [0.4, 0.5) is 5.69 Å². The Bertz CT molecular complexity index is 364. The topological polar surface area (TPSA) is 38.3 Å². The van der Waals surface area contributed by atoms with Gasteiger partial charge in [0, 0.05) is 6.04 Å². The molecule has 0 unspecified atom stereocenters. The third-order valence-corrected chi connectivity index (χ3v) is 2.16. The van der Waals surface area contributed by atoms with E-state index >= 15 is 0 Å². The third-order valence-electron chi connectivity index (χ3n) is 1.83. The quantitative estimate of drug-likeness (QED) is 0.807. The van der Waals surface area contributed by atoms with Gasteiger partial charge in [0.15, 0.2) is 0 Å². The highest BCUT2D eigenvalue weighted by Gasteiger charge is 2.09. The van der Waals surface area contributed by atoms with Crippen LogP contribution in [0.3, 0.4) is 0 Å². The van der Waals surface area contributed by atoms with Crippen molar-refractivity contribution in [2.75, 3.05) is 12.4 Å². The van der Waals surface area contributed by atoms with Gasteiger partial charge in [0.25, 0.3) is 0 Å². The molecule has 4 heteroatoms. The SMILES string of the molecule is COC(=O)c1ccc(Cl)c(NC(C)C)c1. The van der Waals surface area contributed by atoms with E-state index in [4.69, 9.17) is 11.6 Å². The molecule has 1 aromatic carbocycles. The fourth-order valence-electron chi connectivity index (χ4n) is 1.19. The number of carbonyl (C=O) groups excluding carboxylic acids is 1. The normalized spacial score (nSPS) is 10.2. The van der Waals surface area contributed by atoms with Crippen LogP contribution in [0, 0.1) is 0 Å². The number of benzene rings is 1. The van der Waals surface area contributed by atoms with Crippen LogP contribution >= 0.6 is 11.6 Å². The lowest BCUT2D eigenvalue weighted by atomic mass is 10.2. The largest absolute Gasteiger partial charge is 0.465 e. The Morgan fingerprint density at radius 2 is 2.13 bits per heavy atom. The van der Waals surface area contributed by atoms with Crippen molar-refractivity contribution in [1.29, 1.82) is 0 Å². The van der Waals surface area contributed by atoms with Crippen molar-refractivity contribution in [3.05, 3.63) is 28.8 Å². The van der Waals surface area contributed by atoms with Crippen molar-refractivity contribution >= 4 is 23.3 Å². The minimum atomic E-state index is -0.363. The summed E-state index contributed by atoms with van der Waals surface area (Å²) in [4.78, 5) is 11.3. The summed E-state index contributed by atoms with van der Waals surface area (Å²) in [5, 5.41) is 3.75. The van der Waals surface area contributed by atoms with E-state index in [0.29, 0.717) is 10.6 Å². The van der Waals surface area contributed by atoms with Gasteiger partial charge in [-0.05, 0) is 32.0 Å². The van der Waals surface area contributed by atoms with E-state index < -0.39 is 0 Å². The van der Waals surface area contributed by atoms with Crippen molar-refractivity contribution in [2.24, 2.45) is 0 Å². The lowest BCUT2D eigenvalue weighted by Gasteiger charge is -2.12. The second-order valence-electron chi connectivity index (χ2n) is 3.49. The van der Waals surface area contributed by atoms with Gasteiger partial charge in [-0.15, -0.1) is 0 Å². The summed E-state index contributed by atoms with van der Waals surface area (Å²) >= 11 is 5.97. The first-order chi connectivity index (χ1) is 7.04. The smallest absolute Gasteiger partial charge is 0.337 e. The molecule has 0 saturated heterocycles. The number of hydrogen-bond donors (Lipinski definition) is 1. The van der Waals surface area contributed by atoms with Crippen LogP contribution in [0.25, 0.3) is 0 Å². The number of carbonyl (C=O) groups is 1. The number of ether oxygens (including phenoxy) is 1. The number of hydrogen-bond acceptors (Lipinski definition) is 3. The lowest BCUT2D eigenvalue weighted by molar-refractivity contribution is 0.0601. The zero-order valence-corrected chi connectivity index (χ0v) is 9.76. The van der Waals surface area contributed by atoms with E-state index in [-0.39, 0.29) is 12.0 Å². The minimum absolute atomic E-state index is 0.260. The Kier molecular flexibility index (Phi) is 3.97. The molecule has 15 heavy (non-hydrogen) atoms. The minimum Gasteiger partial charge on any atom is -0.465 e. The standard InChI is InChI=1S/C11H14ClNO2/c1-7(2)13-10-6-8(11(14)15-3)4-5-9(10)12/h4-7,13H,1-3H3. The molecule has 0 heterocycles. The summed E-state index contributed by atoms with van der Waals surface area (Å²) in [5.74, 6) is -0.363. The van der Waals surface area contributed by atoms with Crippen LogP contribution < -0.4 is 5.32 Å². The van der Waals surface area contributed by atoms with Gasteiger partial charge in [0.1, 0.15) is 0 Å². The second kappa shape index (κ2) is 5.03. The Hall–Kier alpha value is -1.22. The highest BCUT2D eigenvalue weighted by atomic mass is 35.5. The van der Waals surface area contributed by atoms with Crippen molar-refractivity contribution < 1.29 is 9.53 Å². The maximum absolute atomic E-state index is 11.3. The van der Waals surface area contributed by atoms with Crippen molar-refractivity contribution in [1.82, 2.24) is 0 Å². The van der Waals surface area contributed by atoms with Crippen LogP contribution in [0.2, 0.25) is 5.02 Å². The summed E-state index contributed by atoms with van der Waals surface area (Å²) in [6.45, 7) is 4.00. The molecule has 0 amide bonds. The molecule has 0 bridgehead atoms. The van der Waals surface area contributed by atoms with Gasteiger partial charge in [0.2, 0.25) is 0 Å². The molecular formula is C11H14ClNO2. The predicted molar refractivity (Wildman–Crippen MR) is 61.6 cm³/mol. The highest BCUT2D eigenvalue weighted by molar-refractivity contribution is 6.33. The Labute approximate surface area is 94.4 Å². The zero-order valence-electron chi connectivity index (χ0n) is 9.00. The number of halogens is 1. The van der Waals surface area contributed by atoms with Crippen LogP contribution in [0.5, 0.6) is 0 Å². The van der Waals surface area contributed by atoms with E-state index in [1.807, 2.05) is 13.8 Å². The summed E-state index contributed by atoms with van der Waals surface area (Å²) in [6, 6.07) is 5.27. The summed E-state index contributed by atoms with van der Waals surface area (Å²) in [7, 11) is 1.35. The fraction of sp³-hybridized carbons (Fsp3) is 0.364. The maximum atomic E-state index is 11.3. The van der Waals surface area contributed by atoms with Crippen molar-refractivity contribution in [3.63, 3.8) is 0 Å². The molecule has 0 spiro atoms. The van der Waals surface area contributed by atoms with Gasteiger partial charge in [0.05, 0.1) is 23.4 Å². The molecule has 1 rings (SSSR count). The maximum Gasteiger partial charge on any atom is 0.337 e. The number of rotatable bonds is 3. The average molecular weight is 228 g/mol. The molecule has 0 aromatic heterocycles. The second-order valence-corrected chi connectivity index (χ2v) is 3.89. The van der Waals surface area contributed by atoms with E-state index in [0.717, 1.165) is 5.69 Å². The molecule has 0 aliphatic heterocycles. The molecule has 0 saturated carbocycles. The molecule has 0 aliphatic carbocycles. The zero-order chi connectivity index (χ0) is 11.4. The highest BCUT2D eigenvalue weighted by Crippen LogP contribution is 2.23. The van der Waals surface area contributed by atoms with Gasteiger partial charge in [-0.25, -0.2) is 4.79 Å². The molecular weight excluding hydrogens is 214 g/mol.